The Morgan fingerprint density at radius 1 is 1.36 bits per heavy atom. The molecule has 0 radical (unpaired) electrons. The Morgan fingerprint density at radius 2 is 2.07 bits per heavy atom. The van der Waals surface area contributed by atoms with Gasteiger partial charge in [0.05, 0.1) is 28.7 Å². The summed E-state index contributed by atoms with van der Waals surface area (Å²) in [6, 6.07) is 1.82. The van der Waals surface area contributed by atoms with Crippen LogP contribution in [0.15, 0.2) is 18.6 Å². The fraction of sp³-hybridized carbons (Fsp3) is 0.467. The fourth-order valence-corrected chi connectivity index (χ4v) is 3.89. The molecule has 28 heavy (non-hydrogen) atoms. The van der Waals surface area contributed by atoms with Crippen LogP contribution in [0.3, 0.4) is 0 Å². The van der Waals surface area contributed by atoms with Crippen LogP contribution < -0.4 is 34.5 Å². The molecule has 5 atom stereocenters. The number of phosphoric ester groups is 1. The van der Waals surface area contributed by atoms with E-state index in [1.54, 1.807) is 4.57 Å². The van der Waals surface area contributed by atoms with Gasteiger partial charge in [-0.25, -0.2) is 9.97 Å². The summed E-state index contributed by atoms with van der Waals surface area (Å²) in [5, 5.41) is 21.5. The van der Waals surface area contributed by atoms with Gasteiger partial charge >= 0.3 is 29.6 Å². The Morgan fingerprint density at radius 3 is 2.75 bits per heavy atom. The van der Waals surface area contributed by atoms with Gasteiger partial charge in [-0.05, 0) is 13.0 Å². The zero-order valence-corrected chi connectivity index (χ0v) is 18.4. The second-order valence-corrected chi connectivity index (χ2v) is 7.69. The van der Waals surface area contributed by atoms with E-state index >= 15 is 0 Å². The molecule has 0 saturated carbocycles. The first-order chi connectivity index (χ1) is 12.7. The zero-order chi connectivity index (χ0) is 19.5. The summed E-state index contributed by atoms with van der Waals surface area (Å²) in [4.78, 5) is 28.1. The average molecular weight is 420 g/mol. The first kappa shape index (κ1) is 21.8. The van der Waals surface area contributed by atoms with Crippen LogP contribution in [0.1, 0.15) is 11.9 Å². The third-order valence-electron chi connectivity index (χ3n) is 4.79. The van der Waals surface area contributed by atoms with E-state index in [1.165, 1.54) is 6.33 Å². The molecule has 1 fully saturated rings. The van der Waals surface area contributed by atoms with E-state index in [4.69, 9.17) is 9.63 Å². The van der Waals surface area contributed by atoms with Crippen LogP contribution in [-0.4, -0.2) is 59.1 Å². The molecule has 11 nitrogen and oxygen atoms in total. The number of aryl methyl sites for hydroxylation is 2. The van der Waals surface area contributed by atoms with Crippen molar-refractivity contribution in [2.75, 3.05) is 6.61 Å². The molecule has 0 aromatic carbocycles. The molecule has 146 valence electrons. The van der Waals surface area contributed by atoms with Gasteiger partial charge in [0, 0.05) is 13.2 Å². The molecule has 1 aliphatic heterocycles. The molecule has 1 saturated heterocycles. The van der Waals surface area contributed by atoms with E-state index < -0.39 is 39.0 Å². The summed E-state index contributed by atoms with van der Waals surface area (Å²) in [7, 11) is -3.12. The van der Waals surface area contributed by atoms with Gasteiger partial charge in [-0.1, -0.05) is 0 Å². The summed E-state index contributed by atoms with van der Waals surface area (Å²) in [5.74, 6) is 0. The van der Waals surface area contributed by atoms with Gasteiger partial charge < -0.3 is 33.8 Å². The molecular formula is C15H18N4NaO7P. The normalized spacial score (nSPS) is 27.2. The minimum absolute atomic E-state index is 0. The van der Waals surface area contributed by atoms with Crippen molar-refractivity contribution < 1.29 is 63.4 Å². The molecule has 4 rings (SSSR count). The summed E-state index contributed by atoms with van der Waals surface area (Å²) < 4.78 is 24.4. The minimum Gasteiger partial charge on any atom is -0.756 e. The van der Waals surface area contributed by atoms with Crippen LogP contribution in [0.25, 0.3) is 22.1 Å². The van der Waals surface area contributed by atoms with Crippen molar-refractivity contribution in [1.29, 1.82) is 0 Å². The van der Waals surface area contributed by atoms with E-state index in [-0.39, 0.29) is 29.6 Å². The molecule has 0 aliphatic carbocycles. The molecule has 13 heteroatoms. The van der Waals surface area contributed by atoms with Crippen LogP contribution in [0.5, 0.6) is 0 Å². The maximum atomic E-state index is 10.8. The van der Waals surface area contributed by atoms with Crippen LogP contribution in [0, 0.1) is 6.92 Å². The van der Waals surface area contributed by atoms with Gasteiger partial charge in [-0.15, -0.1) is 0 Å². The third kappa shape index (κ3) is 3.56. The van der Waals surface area contributed by atoms with Crippen molar-refractivity contribution in [2.45, 2.75) is 31.5 Å². The third-order valence-corrected chi connectivity index (χ3v) is 5.26. The monoisotopic (exact) mass is 420 g/mol. The van der Waals surface area contributed by atoms with Crippen LogP contribution in [0.2, 0.25) is 0 Å². The van der Waals surface area contributed by atoms with Gasteiger partial charge in [0.2, 0.25) is 0 Å². The van der Waals surface area contributed by atoms with E-state index in [1.807, 2.05) is 30.8 Å². The van der Waals surface area contributed by atoms with Gasteiger partial charge in [0.25, 0.3) is 7.82 Å². The second-order valence-electron chi connectivity index (χ2n) is 6.50. The zero-order valence-electron chi connectivity index (χ0n) is 15.5. The second kappa shape index (κ2) is 7.77. The Labute approximate surface area is 181 Å². The van der Waals surface area contributed by atoms with Crippen molar-refractivity contribution >= 4 is 29.9 Å². The number of aliphatic hydroxyl groups excluding tert-OH is 2. The summed E-state index contributed by atoms with van der Waals surface area (Å²) in [5.41, 5.74) is 2.81. The van der Waals surface area contributed by atoms with Crippen LogP contribution >= 0.6 is 7.82 Å². The Balaban J connectivity index is 0.00000225. The Hall–Kier alpha value is -0.850. The predicted molar refractivity (Wildman–Crippen MR) is 90.4 cm³/mol. The molecule has 0 amide bonds. The first-order valence-corrected chi connectivity index (χ1v) is 9.65. The molecule has 3 aromatic heterocycles. The molecule has 3 N–H and O–H groups in total. The van der Waals surface area contributed by atoms with E-state index in [0.717, 1.165) is 16.6 Å². The largest absolute Gasteiger partial charge is 1.00 e. The van der Waals surface area contributed by atoms with Crippen molar-refractivity contribution in [3.8, 4) is 0 Å². The quantitative estimate of drug-likeness (QED) is 0.286. The van der Waals surface area contributed by atoms with Crippen molar-refractivity contribution in [3.63, 3.8) is 0 Å². The maximum absolute atomic E-state index is 10.8. The van der Waals surface area contributed by atoms with Crippen molar-refractivity contribution in [3.05, 3.63) is 24.3 Å². The molecule has 4 heterocycles. The van der Waals surface area contributed by atoms with Gasteiger partial charge in [-0.2, -0.15) is 0 Å². The Kier molecular flexibility index (Phi) is 6.06. The topological polar surface area (TPSA) is 155 Å². The number of ether oxygens (including phenoxy) is 1. The van der Waals surface area contributed by atoms with Gasteiger partial charge in [0.1, 0.15) is 30.3 Å². The summed E-state index contributed by atoms with van der Waals surface area (Å²) >= 11 is 0. The number of aromatic nitrogens is 4. The van der Waals surface area contributed by atoms with E-state index in [9.17, 15) is 19.7 Å². The standard InChI is InChI=1S/C15H19N4O7P.Na/c1-7-10-11-8(3-4-18(11)2)19(14(10)17-6-16-7)15-13(21)12(20)9(26-15)5-25-27(22,23)24;/h3-4,6,9,12-13,15,20-21H,5H2,1-2H3,(H2,22,23,24);/q;+1/p-1/t9-,12-,13-,15-;/m1./s1. The number of nitrogens with zero attached hydrogens (tertiary/aromatic N) is 4. The predicted octanol–water partition coefficient (Wildman–Crippen LogP) is -3.67. The average Bonchev–Trinajstić information content (AvgIpc) is 3.20. The molecule has 0 bridgehead atoms. The first-order valence-electron chi connectivity index (χ1n) is 8.15. The van der Waals surface area contributed by atoms with E-state index in [2.05, 4.69) is 14.5 Å². The van der Waals surface area contributed by atoms with E-state index in [0.29, 0.717) is 11.2 Å². The summed E-state index contributed by atoms with van der Waals surface area (Å²) in [6.07, 6.45) is -1.73. The summed E-state index contributed by atoms with van der Waals surface area (Å²) in [6.45, 7) is 1.21. The van der Waals surface area contributed by atoms with Gasteiger partial charge in [-0.3, -0.25) is 9.13 Å². The van der Waals surface area contributed by atoms with Gasteiger partial charge in [0.15, 0.2) is 6.23 Å². The molecule has 3 aromatic rings. The molecule has 1 aliphatic rings. The van der Waals surface area contributed by atoms with Crippen molar-refractivity contribution in [2.24, 2.45) is 7.05 Å². The number of aliphatic hydroxyl groups is 2. The smallest absolute Gasteiger partial charge is 0.756 e. The molecule has 1 unspecified atom stereocenters. The number of hydrogen-bond donors (Lipinski definition) is 3. The van der Waals surface area contributed by atoms with Crippen LogP contribution in [0.4, 0.5) is 0 Å². The number of phosphoric acid groups is 1. The van der Waals surface area contributed by atoms with Crippen LogP contribution in [-0.2, 0) is 20.9 Å². The minimum atomic E-state index is -4.98. The maximum Gasteiger partial charge on any atom is 1.00 e. The number of rotatable bonds is 4. The fourth-order valence-electron chi connectivity index (χ4n) is 3.56. The Bertz CT molecular complexity index is 1060. The van der Waals surface area contributed by atoms with Crippen molar-refractivity contribution in [1.82, 2.24) is 19.1 Å². The molecule has 0 spiro atoms. The molecular weight excluding hydrogens is 402 g/mol. The SMILES string of the molecule is Cc1ncnc2c1c1c(ccn1C)n2[C@@H]1O[C@H](COP(=O)([O-])O)[C@@H](O)[C@H]1O.[Na+]. The number of hydrogen-bond acceptors (Lipinski definition) is 8. The number of fused-ring (bicyclic) bond motifs is 3.